The second-order valence-corrected chi connectivity index (χ2v) is 4.56. The highest BCUT2D eigenvalue weighted by Gasteiger charge is 2.10. The van der Waals surface area contributed by atoms with Crippen molar-refractivity contribution in [2.45, 2.75) is 5.16 Å². The van der Waals surface area contributed by atoms with Gasteiger partial charge in [-0.15, -0.1) is 10.2 Å². The first-order valence-electron chi connectivity index (χ1n) is 5.52. The first-order valence-corrected chi connectivity index (χ1v) is 6.50. The van der Waals surface area contributed by atoms with Crippen molar-refractivity contribution in [2.75, 3.05) is 26.6 Å². The van der Waals surface area contributed by atoms with E-state index in [1.54, 1.807) is 32.3 Å². The second kappa shape index (κ2) is 6.42. The third-order valence-electron chi connectivity index (χ3n) is 2.38. The molecule has 0 saturated heterocycles. The van der Waals surface area contributed by atoms with Crippen LogP contribution in [0.4, 0.5) is 0 Å². The predicted molar refractivity (Wildman–Crippen MR) is 70.5 cm³/mol. The van der Waals surface area contributed by atoms with Gasteiger partial charge in [-0.2, -0.15) is 0 Å². The second-order valence-electron chi connectivity index (χ2n) is 3.50. The Kier molecular flexibility index (Phi) is 4.60. The quantitative estimate of drug-likeness (QED) is 0.590. The van der Waals surface area contributed by atoms with Crippen LogP contribution in [0.5, 0.6) is 5.75 Å². The molecule has 0 atom stereocenters. The van der Waals surface area contributed by atoms with Gasteiger partial charge in [0.25, 0.3) is 0 Å². The highest BCUT2D eigenvalue weighted by Crippen LogP contribution is 2.26. The van der Waals surface area contributed by atoms with Gasteiger partial charge in [-0.3, -0.25) is 4.57 Å². The average molecular weight is 265 g/mol. The lowest BCUT2D eigenvalue weighted by atomic mass is 10.3. The highest BCUT2D eigenvalue weighted by molar-refractivity contribution is 7.99. The molecule has 2 rings (SSSR count). The molecule has 0 unspecified atom stereocenters. The topological polar surface area (TPSA) is 49.2 Å². The van der Waals surface area contributed by atoms with E-state index < -0.39 is 0 Å². The molecule has 0 amide bonds. The first kappa shape index (κ1) is 12.9. The molecule has 1 heterocycles. The van der Waals surface area contributed by atoms with Crippen LogP contribution in [-0.4, -0.2) is 41.3 Å². The zero-order valence-corrected chi connectivity index (χ0v) is 11.2. The van der Waals surface area contributed by atoms with E-state index in [2.05, 4.69) is 10.2 Å². The molecule has 96 valence electrons. The molecule has 0 fully saturated rings. The third kappa shape index (κ3) is 2.83. The maximum Gasteiger partial charge on any atom is 0.195 e. The number of hydrogen-bond donors (Lipinski definition) is 0. The fraction of sp³-hybridized carbons (Fsp3) is 0.333. The summed E-state index contributed by atoms with van der Waals surface area (Å²) in [6, 6.07) is 7.79. The van der Waals surface area contributed by atoms with Crippen molar-refractivity contribution in [3.05, 3.63) is 30.6 Å². The van der Waals surface area contributed by atoms with Gasteiger partial charge >= 0.3 is 0 Å². The summed E-state index contributed by atoms with van der Waals surface area (Å²) in [5, 5.41) is 8.88. The van der Waals surface area contributed by atoms with Crippen LogP contribution in [0.1, 0.15) is 0 Å². The summed E-state index contributed by atoms with van der Waals surface area (Å²) >= 11 is 1.60. The van der Waals surface area contributed by atoms with Gasteiger partial charge in [-0.25, -0.2) is 0 Å². The summed E-state index contributed by atoms with van der Waals surface area (Å²) in [7, 11) is 3.34. The Morgan fingerprint density at radius 1 is 1.28 bits per heavy atom. The number of hydrogen-bond acceptors (Lipinski definition) is 5. The van der Waals surface area contributed by atoms with Gasteiger partial charge in [0.1, 0.15) is 12.1 Å². The molecule has 0 spiro atoms. The van der Waals surface area contributed by atoms with Gasteiger partial charge in [0.15, 0.2) is 5.16 Å². The Hall–Kier alpha value is -1.53. The van der Waals surface area contributed by atoms with Crippen LogP contribution in [0.2, 0.25) is 0 Å². The van der Waals surface area contributed by atoms with Crippen molar-refractivity contribution in [3.63, 3.8) is 0 Å². The van der Waals surface area contributed by atoms with Crippen molar-refractivity contribution in [2.24, 2.45) is 0 Å². The van der Waals surface area contributed by atoms with Crippen LogP contribution >= 0.6 is 11.8 Å². The smallest absolute Gasteiger partial charge is 0.195 e. The van der Waals surface area contributed by atoms with Crippen LogP contribution in [0, 0.1) is 0 Å². The number of thioether (sulfide) groups is 1. The van der Waals surface area contributed by atoms with E-state index in [-0.39, 0.29) is 0 Å². The molecular weight excluding hydrogens is 250 g/mol. The summed E-state index contributed by atoms with van der Waals surface area (Å²) in [5.74, 6) is 1.63. The van der Waals surface area contributed by atoms with E-state index in [0.29, 0.717) is 6.61 Å². The SMILES string of the molecule is COCCSc1nncn1-c1ccccc1OC. The van der Waals surface area contributed by atoms with E-state index in [4.69, 9.17) is 9.47 Å². The molecule has 0 aliphatic heterocycles. The fourth-order valence-electron chi connectivity index (χ4n) is 1.53. The molecule has 0 aliphatic rings. The van der Waals surface area contributed by atoms with Crippen molar-refractivity contribution in [1.29, 1.82) is 0 Å². The summed E-state index contributed by atoms with van der Waals surface area (Å²) in [6.45, 7) is 0.684. The Morgan fingerprint density at radius 3 is 2.89 bits per heavy atom. The Labute approximate surface area is 110 Å². The van der Waals surface area contributed by atoms with Gasteiger partial charge in [0.05, 0.1) is 19.4 Å². The monoisotopic (exact) mass is 265 g/mol. The maximum atomic E-state index is 5.34. The van der Waals surface area contributed by atoms with Crippen molar-refractivity contribution < 1.29 is 9.47 Å². The summed E-state index contributed by atoms with van der Waals surface area (Å²) in [6.07, 6.45) is 1.69. The lowest BCUT2D eigenvalue weighted by Crippen LogP contribution is -2.00. The fourth-order valence-corrected chi connectivity index (χ4v) is 2.36. The Bertz CT molecular complexity index is 502. The van der Waals surface area contributed by atoms with E-state index in [9.17, 15) is 0 Å². The van der Waals surface area contributed by atoms with Crippen LogP contribution in [-0.2, 0) is 4.74 Å². The van der Waals surface area contributed by atoms with Crippen LogP contribution in [0.25, 0.3) is 5.69 Å². The summed E-state index contributed by atoms with van der Waals surface area (Å²) in [5.41, 5.74) is 0.935. The minimum absolute atomic E-state index is 0.684. The summed E-state index contributed by atoms with van der Waals surface area (Å²) in [4.78, 5) is 0. The minimum atomic E-state index is 0.684. The van der Waals surface area contributed by atoms with E-state index in [1.165, 1.54) is 0 Å². The molecule has 1 aromatic heterocycles. The van der Waals surface area contributed by atoms with Crippen LogP contribution < -0.4 is 4.74 Å². The van der Waals surface area contributed by atoms with Crippen molar-refractivity contribution >= 4 is 11.8 Å². The third-order valence-corrected chi connectivity index (χ3v) is 3.29. The number of para-hydroxylation sites is 2. The molecular formula is C12H15N3O2S. The Morgan fingerprint density at radius 2 is 2.11 bits per heavy atom. The lowest BCUT2D eigenvalue weighted by Gasteiger charge is -2.10. The average Bonchev–Trinajstić information content (AvgIpc) is 2.87. The standard InChI is InChI=1S/C12H15N3O2S/c1-16-7-8-18-12-14-13-9-15(12)10-5-3-4-6-11(10)17-2/h3-6,9H,7-8H2,1-2H3. The normalized spacial score (nSPS) is 10.6. The molecule has 18 heavy (non-hydrogen) atoms. The van der Waals surface area contributed by atoms with E-state index >= 15 is 0 Å². The zero-order chi connectivity index (χ0) is 12.8. The van der Waals surface area contributed by atoms with Crippen molar-refractivity contribution in [1.82, 2.24) is 14.8 Å². The largest absolute Gasteiger partial charge is 0.495 e. The molecule has 0 bridgehead atoms. The van der Waals surface area contributed by atoms with Crippen LogP contribution in [0.3, 0.4) is 0 Å². The molecule has 5 nitrogen and oxygen atoms in total. The lowest BCUT2D eigenvalue weighted by molar-refractivity contribution is 0.218. The highest BCUT2D eigenvalue weighted by atomic mass is 32.2. The number of nitrogens with zero attached hydrogens (tertiary/aromatic N) is 3. The summed E-state index contributed by atoms with van der Waals surface area (Å²) < 4.78 is 12.3. The number of rotatable bonds is 6. The van der Waals surface area contributed by atoms with Crippen molar-refractivity contribution in [3.8, 4) is 11.4 Å². The predicted octanol–water partition coefficient (Wildman–Crippen LogP) is 2.01. The van der Waals surface area contributed by atoms with E-state index in [1.807, 2.05) is 28.8 Å². The molecule has 2 aromatic rings. The van der Waals surface area contributed by atoms with E-state index in [0.717, 1.165) is 22.3 Å². The minimum Gasteiger partial charge on any atom is -0.495 e. The number of methoxy groups -OCH3 is 2. The zero-order valence-electron chi connectivity index (χ0n) is 10.4. The first-order chi connectivity index (χ1) is 8.86. The molecule has 0 N–H and O–H groups in total. The van der Waals surface area contributed by atoms with Gasteiger partial charge < -0.3 is 9.47 Å². The molecule has 0 saturated carbocycles. The molecule has 6 heteroatoms. The number of benzene rings is 1. The number of aromatic nitrogens is 3. The maximum absolute atomic E-state index is 5.34. The van der Waals surface area contributed by atoms with Gasteiger partial charge in [-0.05, 0) is 12.1 Å². The molecule has 0 radical (unpaired) electrons. The van der Waals surface area contributed by atoms with Gasteiger partial charge in [-0.1, -0.05) is 23.9 Å². The Balaban J connectivity index is 2.25. The molecule has 0 aliphatic carbocycles. The number of ether oxygens (including phenoxy) is 2. The van der Waals surface area contributed by atoms with Crippen LogP contribution in [0.15, 0.2) is 35.7 Å². The molecule has 1 aromatic carbocycles. The van der Waals surface area contributed by atoms with Gasteiger partial charge in [0, 0.05) is 12.9 Å². The van der Waals surface area contributed by atoms with Gasteiger partial charge in [0.2, 0.25) is 0 Å².